The molecule has 3 atom stereocenters. The monoisotopic (exact) mass is 1440 g/mol. The number of nitrogens with two attached hydrogens (primary N) is 3. The smallest absolute Gasteiger partial charge is 0.407 e. The number of hydrogen-bond acceptors (Lipinski definition) is 15. The van der Waals surface area contributed by atoms with Gasteiger partial charge in [0.2, 0.25) is 0 Å². The summed E-state index contributed by atoms with van der Waals surface area (Å²) < 4.78 is 16.2. The average molecular weight is 1450 g/mol. The summed E-state index contributed by atoms with van der Waals surface area (Å²) in [5.74, 6) is -4.31. The van der Waals surface area contributed by atoms with Crippen molar-refractivity contribution in [3.8, 4) is 0 Å². The van der Waals surface area contributed by atoms with Gasteiger partial charge < -0.3 is 78.3 Å². The standard InChI is InChI=1S/C82H100N12O12/c1-77(2,3)104-74(101)86-43-19-16-40-80(83,67(95)46-55-49-89-64-25-13-10-22-61(55)64)71(98)92-58-34-28-52(29-35-58)70(53-30-36-59(37-31-53)93-72(99)81(84,41-17-20-44-87-75(102)105-78(4,5)6)68(96)47-56-50-90-65-26-14-11-23-62(56)65)54-32-38-60(39-33-54)94-73(100)82(85,42-18-21-45-88-76(103)106-79(7,8)9)69(97)48-57-51-91-66-27-15-12-24-63(57)66/h10-15,22-39,49-51,70,89-91H,16-21,40-48,83-85H2,1-9H3,(H,86,101)(H,87,102)(H,88,103)(H,92,98)(H,93,99)(H,94,100)/t80-,81-,82-/m1/s1. The van der Waals surface area contributed by atoms with E-state index in [0.717, 1.165) is 32.7 Å². The van der Waals surface area contributed by atoms with Crippen LogP contribution in [0.4, 0.5) is 31.4 Å². The Morgan fingerprint density at radius 2 is 0.594 bits per heavy atom. The van der Waals surface area contributed by atoms with E-state index in [0.29, 0.717) is 89.0 Å². The number of H-pyrrole nitrogens is 3. The Morgan fingerprint density at radius 3 is 0.840 bits per heavy atom. The number of fused-ring (bicyclic) bond motifs is 3. The lowest BCUT2D eigenvalue weighted by Gasteiger charge is -2.28. The number of unbranched alkanes of at least 4 members (excludes halogenated alkanes) is 3. The summed E-state index contributed by atoms with van der Waals surface area (Å²) in [5.41, 5.74) is 20.5. The maximum Gasteiger partial charge on any atom is 0.407 e. The molecule has 3 aromatic heterocycles. The highest BCUT2D eigenvalue weighted by atomic mass is 16.6. The molecule has 24 heteroatoms. The van der Waals surface area contributed by atoms with Gasteiger partial charge in [-0.3, -0.25) is 28.8 Å². The van der Waals surface area contributed by atoms with Crippen molar-refractivity contribution in [1.82, 2.24) is 30.9 Å². The molecule has 0 spiro atoms. The second-order valence-electron chi connectivity index (χ2n) is 30.1. The van der Waals surface area contributed by atoms with Crippen molar-refractivity contribution < 1.29 is 57.4 Å². The molecule has 0 saturated heterocycles. The summed E-state index contributed by atoms with van der Waals surface area (Å²) in [6, 6.07) is 43.6. The normalized spacial score (nSPS) is 13.6. The lowest BCUT2D eigenvalue weighted by molar-refractivity contribution is -0.134. The van der Waals surface area contributed by atoms with Gasteiger partial charge in [0.15, 0.2) is 34.0 Å². The Kier molecular flexibility index (Phi) is 25.6. The highest BCUT2D eigenvalue weighted by Gasteiger charge is 2.44. The van der Waals surface area contributed by atoms with E-state index in [1.165, 1.54) is 0 Å². The zero-order chi connectivity index (χ0) is 76.6. The molecule has 0 aliphatic rings. The number of Topliss-reactive ketones (excluding diaryl/α,β-unsaturated/α-hetero) is 3. The number of rotatable bonds is 33. The van der Waals surface area contributed by atoms with E-state index in [2.05, 4.69) is 46.9 Å². The number of nitrogens with one attached hydrogen (secondary N) is 9. The number of benzene rings is 6. The molecular formula is C82H100N12O12. The number of ether oxygens (including phenoxy) is 3. The predicted octanol–water partition coefficient (Wildman–Crippen LogP) is 12.7. The minimum Gasteiger partial charge on any atom is -0.444 e. The molecule has 0 radical (unpaired) electrons. The second-order valence-corrected chi connectivity index (χ2v) is 30.1. The van der Waals surface area contributed by atoms with Crippen molar-refractivity contribution in [1.29, 1.82) is 0 Å². The summed E-state index contributed by atoms with van der Waals surface area (Å²) in [4.78, 5) is 135. The van der Waals surface area contributed by atoms with Crippen LogP contribution in [0.1, 0.15) is 159 Å². The molecule has 15 N–H and O–H groups in total. The molecule has 0 unspecified atom stereocenters. The van der Waals surface area contributed by atoms with Crippen LogP contribution in [0.25, 0.3) is 32.7 Å². The largest absolute Gasteiger partial charge is 0.444 e. The van der Waals surface area contributed by atoms with Crippen LogP contribution in [0, 0.1) is 0 Å². The third-order valence-electron chi connectivity index (χ3n) is 18.3. The van der Waals surface area contributed by atoms with Gasteiger partial charge in [0.05, 0.1) is 0 Å². The molecule has 6 aromatic carbocycles. The Hall–Kier alpha value is -11.0. The summed E-state index contributed by atoms with van der Waals surface area (Å²) in [7, 11) is 0. The summed E-state index contributed by atoms with van der Waals surface area (Å²) in [6.07, 6.45) is 4.91. The van der Waals surface area contributed by atoms with Gasteiger partial charge in [0.1, 0.15) is 16.8 Å². The van der Waals surface area contributed by atoms with E-state index in [9.17, 15) is 43.2 Å². The van der Waals surface area contributed by atoms with Crippen molar-refractivity contribution in [2.75, 3.05) is 35.6 Å². The van der Waals surface area contributed by atoms with Crippen molar-refractivity contribution in [2.45, 2.75) is 179 Å². The van der Waals surface area contributed by atoms with Crippen LogP contribution >= 0.6 is 0 Å². The Balaban J connectivity index is 0.990. The Labute approximate surface area is 617 Å². The quantitative estimate of drug-likeness (QED) is 0.00787. The van der Waals surface area contributed by atoms with Gasteiger partial charge in [-0.1, -0.05) is 91.0 Å². The third-order valence-corrected chi connectivity index (χ3v) is 18.3. The number of aromatic amines is 3. The number of aromatic nitrogens is 3. The zero-order valence-corrected chi connectivity index (χ0v) is 61.9. The minimum absolute atomic E-state index is 0.0472. The van der Waals surface area contributed by atoms with E-state index >= 15 is 0 Å². The number of carbonyl (C=O) groups excluding carboxylic acids is 9. The van der Waals surface area contributed by atoms with E-state index in [4.69, 9.17) is 31.4 Å². The van der Waals surface area contributed by atoms with E-state index < -0.39 is 92.7 Å². The number of anilines is 3. The number of ketones is 3. The summed E-state index contributed by atoms with van der Waals surface area (Å²) in [6.45, 7) is 16.5. The van der Waals surface area contributed by atoms with Crippen LogP contribution in [-0.2, 0) is 62.2 Å². The van der Waals surface area contributed by atoms with Gasteiger partial charge in [-0.15, -0.1) is 0 Å². The first kappa shape index (κ1) is 79.2. The van der Waals surface area contributed by atoms with Gasteiger partial charge >= 0.3 is 18.3 Å². The average Bonchev–Trinajstić information content (AvgIpc) is 1.44. The molecule has 0 aliphatic heterocycles. The van der Waals surface area contributed by atoms with Gasteiger partial charge in [-0.05, 0) is 208 Å². The fourth-order valence-electron chi connectivity index (χ4n) is 12.6. The molecule has 106 heavy (non-hydrogen) atoms. The predicted molar refractivity (Wildman–Crippen MR) is 412 cm³/mol. The SMILES string of the molecule is CC(C)(C)OC(=O)NCCCC[C@@](N)(C(=O)Cc1c[nH]c2ccccc12)C(=O)Nc1ccc(C(c2ccc(NC(=O)[C@@](N)(CCCCNC(=O)OC(C)(C)C)C(=O)Cc3c[nH]c4ccccc34)cc2)c2ccc(NC(=O)[C@@](N)(CCCCNC(=O)OC(C)(C)C)C(=O)Cc3c[nH]c4ccccc34)cc2)cc1. The van der Waals surface area contributed by atoms with E-state index in [1.54, 1.807) is 117 Å². The Bertz CT molecular complexity index is 4140. The molecular weight excluding hydrogens is 1340 g/mol. The van der Waals surface area contributed by atoms with Gasteiger partial charge in [-0.25, -0.2) is 14.4 Å². The molecule has 0 bridgehead atoms. The van der Waals surface area contributed by atoms with Crippen molar-refractivity contribution >= 4 is 103 Å². The van der Waals surface area contributed by atoms with E-state index in [1.807, 2.05) is 109 Å². The third kappa shape index (κ3) is 21.2. The molecule has 0 saturated carbocycles. The van der Waals surface area contributed by atoms with Crippen molar-refractivity contribution in [2.24, 2.45) is 17.2 Å². The lowest BCUT2D eigenvalue weighted by Crippen LogP contribution is -2.58. The fraction of sp³-hybridized carbons (Fsp3) is 0.378. The van der Waals surface area contributed by atoms with Gasteiger partial charge in [0, 0.05) is 113 Å². The molecule has 24 nitrogen and oxygen atoms in total. The minimum atomic E-state index is -2.01. The second kappa shape index (κ2) is 34.3. The highest BCUT2D eigenvalue weighted by molar-refractivity contribution is 6.18. The van der Waals surface area contributed by atoms with Crippen LogP contribution in [0.5, 0.6) is 0 Å². The number of alkyl carbamates (subject to hydrolysis) is 3. The molecule has 9 aromatic rings. The number of hydrogen-bond donors (Lipinski definition) is 12. The molecule has 9 rings (SSSR count). The molecule has 560 valence electrons. The summed E-state index contributed by atoms with van der Waals surface area (Å²) >= 11 is 0. The van der Waals surface area contributed by atoms with E-state index in [-0.39, 0.29) is 58.2 Å². The molecule has 6 amide bonds. The number of carbonyl (C=O) groups is 9. The van der Waals surface area contributed by atoms with Gasteiger partial charge in [-0.2, -0.15) is 0 Å². The fourth-order valence-corrected chi connectivity index (χ4v) is 12.6. The number of para-hydroxylation sites is 3. The first-order valence-electron chi connectivity index (χ1n) is 36.0. The van der Waals surface area contributed by atoms with Crippen LogP contribution in [0.3, 0.4) is 0 Å². The van der Waals surface area contributed by atoms with Crippen molar-refractivity contribution in [3.05, 3.63) is 198 Å². The van der Waals surface area contributed by atoms with Crippen LogP contribution < -0.4 is 49.1 Å². The number of amides is 6. The van der Waals surface area contributed by atoms with Crippen molar-refractivity contribution in [3.63, 3.8) is 0 Å². The van der Waals surface area contributed by atoms with Crippen LogP contribution in [0.15, 0.2) is 164 Å². The van der Waals surface area contributed by atoms with Crippen LogP contribution in [-0.4, -0.2) is 121 Å². The highest BCUT2D eigenvalue weighted by Crippen LogP contribution is 2.36. The maximum absolute atomic E-state index is 14.7. The first-order chi connectivity index (χ1) is 50.2. The molecule has 0 aliphatic carbocycles. The van der Waals surface area contributed by atoms with Gasteiger partial charge in [0.25, 0.3) is 17.7 Å². The van der Waals surface area contributed by atoms with Crippen LogP contribution in [0.2, 0.25) is 0 Å². The Morgan fingerprint density at radius 1 is 0.349 bits per heavy atom. The topological polar surface area (TPSA) is 379 Å². The maximum atomic E-state index is 14.7. The zero-order valence-electron chi connectivity index (χ0n) is 61.9. The first-order valence-corrected chi connectivity index (χ1v) is 36.0. The lowest BCUT2D eigenvalue weighted by atomic mass is 9.83. The molecule has 0 fully saturated rings. The molecule has 3 heterocycles. The summed E-state index contributed by atoms with van der Waals surface area (Å²) in [5, 5.41) is 19.4.